The van der Waals surface area contributed by atoms with E-state index in [1.807, 2.05) is 12.2 Å². The number of sulfonamides is 1. The molecule has 0 saturated carbocycles. The first-order chi connectivity index (χ1) is 12.8. The summed E-state index contributed by atoms with van der Waals surface area (Å²) < 4.78 is 25.3. The summed E-state index contributed by atoms with van der Waals surface area (Å²) in [4.78, 5) is 38.9. The van der Waals surface area contributed by atoms with Crippen LogP contribution < -0.4 is 5.32 Å². The summed E-state index contributed by atoms with van der Waals surface area (Å²) in [7, 11) is -3.21. The van der Waals surface area contributed by atoms with E-state index in [0.29, 0.717) is 38.8 Å². The molecular formula is C18H27N3O5S. The number of allylic oxidation sites excluding steroid dienone is 2. The number of hydrogen-bond donors (Lipinski definition) is 1. The fourth-order valence-electron chi connectivity index (χ4n) is 4.11. The molecular weight excluding hydrogens is 370 g/mol. The van der Waals surface area contributed by atoms with Crippen LogP contribution in [0.25, 0.3) is 0 Å². The molecule has 8 nitrogen and oxygen atoms in total. The standard InChI is InChI=1S/C18H27N3O5S/c1-3-27(25,26)20-10-8-13(9-11-20)19-16(22)12(2)21-17(23)14-6-4-5-7-15(14)18(21)24/h4-5,12-15H,3,6-11H2,1-2H3,(H,19,22)/t12-,14-,15+/m1/s1. The van der Waals surface area contributed by atoms with Crippen LogP contribution in [-0.4, -0.2) is 66.3 Å². The second-order valence-electron chi connectivity index (χ2n) is 7.46. The first-order valence-corrected chi connectivity index (χ1v) is 11.2. The van der Waals surface area contributed by atoms with Gasteiger partial charge in [-0.05, 0) is 39.5 Å². The third kappa shape index (κ3) is 3.80. The van der Waals surface area contributed by atoms with E-state index in [4.69, 9.17) is 0 Å². The lowest BCUT2D eigenvalue weighted by molar-refractivity contribution is -0.147. The summed E-state index contributed by atoms with van der Waals surface area (Å²) in [6.45, 7) is 3.93. The molecule has 3 atom stereocenters. The molecule has 0 aromatic rings. The topological polar surface area (TPSA) is 104 Å². The van der Waals surface area contributed by atoms with Crippen LogP contribution >= 0.6 is 0 Å². The number of amides is 3. The Morgan fingerprint density at radius 1 is 1.15 bits per heavy atom. The number of carbonyl (C=O) groups excluding carboxylic acids is 3. The molecule has 3 aliphatic rings. The van der Waals surface area contributed by atoms with Crippen LogP contribution in [0.4, 0.5) is 0 Å². The lowest BCUT2D eigenvalue weighted by atomic mass is 9.85. The van der Waals surface area contributed by atoms with Gasteiger partial charge >= 0.3 is 0 Å². The van der Waals surface area contributed by atoms with Gasteiger partial charge in [-0.15, -0.1) is 0 Å². The lowest BCUT2D eigenvalue weighted by Gasteiger charge is -2.32. The number of fused-ring (bicyclic) bond motifs is 1. The van der Waals surface area contributed by atoms with Crippen LogP contribution in [0.3, 0.4) is 0 Å². The van der Waals surface area contributed by atoms with Crippen molar-refractivity contribution in [3.05, 3.63) is 12.2 Å². The average molecular weight is 397 g/mol. The Morgan fingerprint density at radius 3 is 2.15 bits per heavy atom. The van der Waals surface area contributed by atoms with E-state index >= 15 is 0 Å². The lowest BCUT2D eigenvalue weighted by Crippen LogP contribution is -2.53. The summed E-state index contributed by atoms with van der Waals surface area (Å²) in [6.07, 6.45) is 5.97. The molecule has 2 saturated heterocycles. The molecule has 3 amide bonds. The molecule has 0 aromatic heterocycles. The zero-order chi connectivity index (χ0) is 19.8. The zero-order valence-electron chi connectivity index (χ0n) is 15.8. The number of likely N-dealkylation sites (tertiary alicyclic amines) is 1. The van der Waals surface area contributed by atoms with Crippen LogP contribution in [0.1, 0.15) is 39.5 Å². The minimum Gasteiger partial charge on any atom is -0.351 e. The second-order valence-corrected chi connectivity index (χ2v) is 9.72. The smallest absolute Gasteiger partial charge is 0.243 e. The minimum atomic E-state index is -3.21. The van der Waals surface area contributed by atoms with Gasteiger partial charge in [0.2, 0.25) is 27.7 Å². The minimum absolute atomic E-state index is 0.0669. The highest BCUT2D eigenvalue weighted by atomic mass is 32.2. The molecule has 0 radical (unpaired) electrons. The van der Waals surface area contributed by atoms with E-state index in [-0.39, 0.29) is 41.4 Å². The molecule has 150 valence electrons. The molecule has 9 heteroatoms. The molecule has 2 heterocycles. The average Bonchev–Trinajstić information content (AvgIpc) is 2.92. The number of imide groups is 1. The fourth-order valence-corrected chi connectivity index (χ4v) is 5.24. The van der Waals surface area contributed by atoms with Crippen LogP contribution in [0.15, 0.2) is 12.2 Å². The number of hydrogen-bond acceptors (Lipinski definition) is 5. The molecule has 3 rings (SSSR count). The molecule has 0 unspecified atom stereocenters. The van der Waals surface area contributed by atoms with Crippen LogP contribution in [0.2, 0.25) is 0 Å². The van der Waals surface area contributed by atoms with Crippen molar-refractivity contribution in [2.45, 2.75) is 51.6 Å². The monoisotopic (exact) mass is 397 g/mol. The normalized spacial score (nSPS) is 28.3. The van der Waals surface area contributed by atoms with Gasteiger partial charge in [0, 0.05) is 19.1 Å². The van der Waals surface area contributed by atoms with Crippen molar-refractivity contribution in [2.75, 3.05) is 18.8 Å². The van der Waals surface area contributed by atoms with Crippen molar-refractivity contribution in [1.29, 1.82) is 0 Å². The maximum atomic E-state index is 12.6. The van der Waals surface area contributed by atoms with Gasteiger partial charge in [0.15, 0.2) is 0 Å². The van der Waals surface area contributed by atoms with Gasteiger partial charge in [-0.1, -0.05) is 12.2 Å². The first kappa shape index (κ1) is 20.0. The quantitative estimate of drug-likeness (QED) is 0.529. The van der Waals surface area contributed by atoms with Crippen molar-refractivity contribution in [2.24, 2.45) is 11.8 Å². The number of carbonyl (C=O) groups is 3. The van der Waals surface area contributed by atoms with Crippen molar-refractivity contribution in [1.82, 2.24) is 14.5 Å². The van der Waals surface area contributed by atoms with Crippen molar-refractivity contribution in [3.8, 4) is 0 Å². The van der Waals surface area contributed by atoms with Gasteiger partial charge in [0.25, 0.3) is 0 Å². The van der Waals surface area contributed by atoms with Crippen molar-refractivity contribution in [3.63, 3.8) is 0 Å². The number of piperidine rings is 1. The van der Waals surface area contributed by atoms with Crippen molar-refractivity contribution < 1.29 is 22.8 Å². The largest absolute Gasteiger partial charge is 0.351 e. The summed E-state index contributed by atoms with van der Waals surface area (Å²) >= 11 is 0. The van der Waals surface area contributed by atoms with Crippen LogP contribution in [-0.2, 0) is 24.4 Å². The second kappa shape index (κ2) is 7.71. The summed E-state index contributed by atoms with van der Waals surface area (Å²) in [5, 5.41) is 2.89. The maximum Gasteiger partial charge on any atom is 0.243 e. The molecule has 2 fully saturated rings. The third-order valence-electron chi connectivity index (χ3n) is 5.87. The van der Waals surface area contributed by atoms with Gasteiger partial charge in [-0.2, -0.15) is 0 Å². The highest BCUT2D eigenvalue weighted by Gasteiger charge is 2.50. The number of nitrogens with one attached hydrogen (secondary N) is 1. The van der Waals surface area contributed by atoms with Crippen LogP contribution in [0.5, 0.6) is 0 Å². The Balaban J connectivity index is 1.57. The van der Waals surface area contributed by atoms with Gasteiger partial charge in [0.1, 0.15) is 6.04 Å². The molecule has 0 aromatic carbocycles. The molecule has 0 spiro atoms. The van der Waals surface area contributed by atoms with E-state index in [9.17, 15) is 22.8 Å². The Bertz CT molecular complexity index is 729. The van der Waals surface area contributed by atoms with E-state index in [1.165, 1.54) is 4.31 Å². The fraction of sp³-hybridized carbons (Fsp3) is 0.722. The van der Waals surface area contributed by atoms with E-state index in [0.717, 1.165) is 4.90 Å². The first-order valence-electron chi connectivity index (χ1n) is 9.56. The van der Waals surface area contributed by atoms with Gasteiger partial charge < -0.3 is 5.32 Å². The Hall–Kier alpha value is -1.74. The van der Waals surface area contributed by atoms with Gasteiger partial charge in [0.05, 0.1) is 17.6 Å². The molecule has 27 heavy (non-hydrogen) atoms. The van der Waals surface area contributed by atoms with Crippen molar-refractivity contribution >= 4 is 27.7 Å². The molecule has 0 bridgehead atoms. The summed E-state index contributed by atoms with van der Waals surface area (Å²) in [5.74, 6) is -1.51. The zero-order valence-corrected chi connectivity index (χ0v) is 16.6. The Morgan fingerprint density at radius 2 is 1.67 bits per heavy atom. The third-order valence-corrected chi connectivity index (χ3v) is 7.75. The molecule has 1 N–H and O–H groups in total. The van der Waals surface area contributed by atoms with Gasteiger partial charge in [-0.3, -0.25) is 19.3 Å². The SMILES string of the molecule is CCS(=O)(=O)N1CCC(NC(=O)[C@@H](C)N2C(=O)[C@H]3CC=CC[C@H]3C2=O)CC1. The Kier molecular flexibility index (Phi) is 5.71. The molecule has 2 aliphatic heterocycles. The maximum absolute atomic E-state index is 12.6. The summed E-state index contributed by atoms with van der Waals surface area (Å²) in [5.41, 5.74) is 0. The Labute approximate surface area is 160 Å². The highest BCUT2D eigenvalue weighted by Crippen LogP contribution is 2.36. The van der Waals surface area contributed by atoms with E-state index in [1.54, 1.807) is 13.8 Å². The number of nitrogens with zero attached hydrogens (tertiary/aromatic N) is 2. The van der Waals surface area contributed by atoms with Crippen LogP contribution in [0, 0.1) is 11.8 Å². The molecule has 1 aliphatic carbocycles. The number of rotatable bonds is 5. The van der Waals surface area contributed by atoms with E-state index < -0.39 is 16.1 Å². The van der Waals surface area contributed by atoms with E-state index in [2.05, 4.69) is 5.32 Å². The predicted octanol–water partition coefficient (Wildman–Crippen LogP) is 0.256. The highest BCUT2D eigenvalue weighted by molar-refractivity contribution is 7.89. The predicted molar refractivity (Wildman–Crippen MR) is 98.9 cm³/mol. The summed E-state index contributed by atoms with van der Waals surface area (Å²) in [6, 6.07) is -1.01. The van der Waals surface area contributed by atoms with Gasteiger partial charge in [-0.25, -0.2) is 12.7 Å².